The SMILES string of the molecule is CCCCC/C(=C\c1ccccc1)C(C)O. The van der Waals surface area contributed by atoms with Gasteiger partial charge in [0.25, 0.3) is 0 Å². The molecule has 1 atom stereocenters. The van der Waals surface area contributed by atoms with Gasteiger partial charge in [0.15, 0.2) is 0 Å². The van der Waals surface area contributed by atoms with E-state index < -0.39 is 0 Å². The van der Waals surface area contributed by atoms with Gasteiger partial charge in [-0.15, -0.1) is 0 Å². The molecule has 0 radical (unpaired) electrons. The molecule has 1 nitrogen and oxygen atoms in total. The van der Waals surface area contributed by atoms with Gasteiger partial charge in [0, 0.05) is 0 Å². The van der Waals surface area contributed by atoms with E-state index in [1.165, 1.54) is 24.8 Å². The maximum absolute atomic E-state index is 9.70. The second kappa shape index (κ2) is 7.24. The second-order valence-electron chi connectivity index (χ2n) is 4.26. The quantitative estimate of drug-likeness (QED) is 0.715. The molecule has 0 amide bonds. The Hall–Kier alpha value is -1.08. The number of hydrogen-bond donors (Lipinski definition) is 1. The Balaban J connectivity index is 2.66. The maximum atomic E-state index is 9.70. The van der Waals surface area contributed by atoms with Gasteiger partial charge in [0.05, 0.1) is 6.10 Å². The Bertz CT molecular complexity index is 311. The van der Waals surface area contributed by atoms with Gasteiger partial charge < -0.3 is 5.11 Å². The topological polar surface area (TPSA) is 20.2 Å². The summed E-state index contributed by atoms with van der Waals surface area (Å²) in [6, 6.07) is 10.2. The fraction of sp³-hybridized carbons (Fsp3) is 0.467. The lowest BCUT2D eigenvalue weighted by Crippen LogP contribution is -2.04. The van der Waals surface area contributed by atoms with Gasteiger partial charge in [-0.3, -0.25) is 0 Å². The maximum Gasteiger partial charge on any atom is 0.0725 e. The van der Waals surface area contributed by atoms with E-state index in [1.807, 2.05) is 25.1 Å². The summed E-state index contributed by atoms with van der Waals surface area (Å²) >= 11 is 0. The molecular weight excluding hydrogens is 196 g/mol. The summed E-state index contributed by atoms with van der Waals surface area (Å²) in [5.74, 6) is 0. The zero-order valence-corrected chi connectivity index (χ0v) is 10.3. The lowest BCUT2D eigenvalue weighted by Gasteiger charge is -2.10. The molecule has 88 valence electrons. The number of aliphatic hydroxyl groups is 1. The molecule has 0 bridgehead atoms. The standard InChI is InChI=1S/C15H22O/c1-3-4-6-11-15(13(2)16)12-14-9-7-5-8-10-14/h5,7-10,12-13,16H,3-4,6,11H2,1-2H3/b15-12+. The van der Waals surface area contributed by atoms with E-state index in [0.29, 0.717) is 0 Å². The molecule has 0 saturated carbocycles. The van der Waals surface area contributed by atoms with Gasteiger partial charge >= 0.3 is 0 Å². The first kappa shape index (κ1) is 13.0. The van der Waals surface area contributed by atoms with E-state index in [1.54, 1.807) is 0 Å². The third-order valence-corrected chi connectivity index (χ3v) is 2.76. The van der Waals surface area contributed by atoms with Gasteiger partial charge in [-0.25, -0.2) is 0 Å². The molecule has 1 aromatic carbocycles. The van der Waals surface area contributed by atoms with Crippen LogP contribution in [0.1, 0.15) is 45.1 Å². The van der Waals surface area contributed by atoms with Crippen LogP contribution in [0.25, 0.3) is 6.08 Å². The summed E-state index contributed by atoms with van der Waals surface area (Å²) in [5, 5.41) is 9.70. The van der Waals surface area contributed by atoms with Crippen molar-refractivity contribution in [1.82, 2.24) is 0 Å². The molecule has 1 heteroatoms. The first-order valence-corrected chi connectivity index (χ1v) is 6.17. The molecule has 16 heavy (non-hydrogen) atoms. The zero-order chi connectivity index (χ0) is 11.8. The molecule has 1 aromatic rings. The van der Waals surface area contributed by atoms with E-state index in [2.05, 4.69) is 25.1 Å². The van der Waals surface area contributed by atoms with Crippen LogP contribution >= 0.6 is 0 Å². The Morgan fingerprint density at radius 2 is 1.94 bits per heavy atom. The molecule has 1 unspecified atom stereocenters. The van der Waals surface area contributed by atoms with Crippen LogP contribution in [0.4, 0.5) is 0 Å². The predicted molar refractivity (Wildman–Crippen MR) is 70.2 cm³/mol. The van der Waals surface area contributed by atoms with Gasteiger partial charge in [-0.1, -0.05) is 56.2 Å². The van der Waals surface area contributed by atoms with E-state index >= 15 is 0 Å². The van der Waals surface area contributed by atoms with E-state index in [4.69, 9.17) is 0 Å². The van der Waals surface area contributed by atoms with Crippen molar-refractivity contribution in [2.24, 2.45) is 0 Å². The molecule has 1 N–H and O–H groups in total. The van der Waals surface area contributed by atoms with Crippen molar-refractivity contribution in [2.75, 3.05) is 0 Å². The summed E-state index contributed by atoms with van der Waals surface area (Å²) in [6.45, 7) is 4.05. The highest BCUT2D eigenvalue weighted by Gasteiger charge is 2.04. The summed E-state index contributed by atoms with van der Waals surface area (Å²) in [7, 11) is 0. The minimum absolute atomic E-state index is 0.336. The van der Waals surface area contributed by atoms with Gasteiger partial charge in [-0.05, 0) is 30.9 Å². The van der Waals surface area contributed by atoms with Crippen molar-refractivity contribution in [3.05, 3.63) is 41.5 Å². The summed E-state index contributed by atoms with van der Waals surface area (Å²) < 4.78 is 0. The van der Waals surface area contributed by atoms with Crippen LogP contribution in [0.2, 0.25) is 0 Å². The van der Waals surface area contributed by atoms with Crippen molar-refractivity contribution in [3.8, 4) is 0 Å². The van der Waals surface area contributed by atoms with Crippen LogP contribution in [0.3, 0.4) is 0 Å². The molecule has 0 aliphatic carbocycles. The zero-order valence-electron chi connectivity index (χ0n) is 10.3. The molecule has 1 rings (SSSR count). The van der Waals surface area contributed by atoms with Crippen molar-refractivity contribution in [2.45, 2.75) is 45.6 Å². The Morgan fingerprint density at radius 3 is 2.50 bits per heavy atom. The Labute approximate surface area is 98.8 Å². The van der Waals surface area contributed by atoms with Crippen LogP contribution in [-0.4, -0.2) is 11.2 Å². The summed E-state index contributed by atoms with van der Waals surface area (Å²) in [5.41, 5.74) is 2.31. The van der Waals surface area contributed by atoms with Crippen LogP contribution < -0.4 is 0 Å². The second-order valence-corrected chi connectivity index (χ2v) is 4.26. The number of aliphatic hydroxyl groups excluding tert-OH is 1. The summed E-state index contributed by atoms with van der Waals surface area (Å²) in [4.78, 5) is 0. The highest BCUT2D eigenvalue weighted by Crippen LogP contribution is 2.16. The van der Waals surface area contributed by atoms with Crippen molar-refractivity contribution < 1.29 is 5.11 Å². The van der Waals surface area contributed by atoms with Crippen LogP contribution in [-0.2, 0) is 0 Å². The van der Waals surface area contributed by atoms with Gasteiger partial charge in [0.2, 0.25) is 0 Å². The van der Waals surface area contributed by atoms with E-state index in [0.717, 1.165) is 12.0 Å². The largest absolute Gasteiger partial charge is 0.389 e. The van der Waals surface area contributed by atoms with Gasteiger partial charge in [-0.2, -0.15) is 0 Å². The average molecular weight is 218 g/mol. The number of benzene rings is 1. The van der Waals surface area contributed by atoms with Crippen molar-refractivity contribution in [1.29, 1.82) is 0 Å². The minimum atomic E-state index is -0.336. The average Bonchev–Trinajstić information content (AvgIpc) is 2.29. The molecule has 0 heterocycles. The number of hydrogen-bond acceptors (Lipinski definition) is 1. The molecule has 0 aliphatic rings. The Kier molecular flexibility index (Phi) is 5.87. The highest BCUT2D eigenvalue weighted by molar-refractivity contribution is 5.53. The monoisotopic (exact) mass is 218 g/mol. The number of rotatable bonds is 6. The summed E-state index contributed by atoms with van der Waals surface area (Å²) in [6.07, 6.45) is 6.40. The molecule has 0 saturated heterocycles. The lowest BCUT2D eigenvalue weighted by atomic mass is 10.0. The molecular formula is C15H22O. The molecule has 0 spiro atoms. The normalized spacial score (nSPS) is 13.8. The first-order chi connectivity index (χ1) is 7.74. The fourth-order valence-corrected chi connectivity index (χ4v) is 1.74. The van der Waals surface area contributed by atoms with E-state index in [9.17, 15) is 5.11 Å². The third-order valence-electron chi connectivity index (χ3n) is 2.76. The van der Waals surface area contributed by atoms with E-state index in [-0.39, 0.29) is 6.10 Å². The molecule has 0 fully saturated rings. The third kappa shape index (κ3) is 4.63. The Morgan fingerprint density at radius 1 is 1.25 bits per heavy atom. The lowest BCUT2D eigenvalue weighted by molar-refractivity contribution is 0.227. The van der Waals surface area contributed by atoms with Gasteiger partial charge in [0.1, 0.15) is 0 Å². The first-order valence-electron chi connectivity index (χ1n) is 6.17. The molecule has 0 aromatic heterocycles. The van der Waals surface area contributed by atoms with Crippen LogP contribution in [0, 0.1) is 0 Å². The molecule has 0 aliphatic heterocycles. The van der Waals surface area contributed by atoms with Crippen molar-refractivity contribution >= 4 is 6.08 Å². The van der Waals surface area contributed by atoms with Crippen LogP contribution in [0.5, 0.6) is 0 Å². The highest BCUT2D eigenvalue weighted by atomic mass is 16.3. The minimum Gasteiger partial charge on any atom is -0.389 e. The fourth-order valence-electron chi connectivity index (χ4n) is 1.74. The predicted octanol–water partition coefficient (Wildman–Crippen LogP) is 4.03. The number of unbranched alkanes of at least 4 members (excludes halogenated alkanes) is 2. The van der Waals surface area contributed by atoms with Crippen molar-refractivity contribution in [3.63, 3.8) is 0 Å². The smallest absolute Gasteiger partial charge is 0.0725 e. The van der Waals surface area contributed by atoms with Crippen LogP contribution in [0.15, 0.2) is 35.9 Å².